The van der Waals surface area contributed by atoms with Gasteiger partial charge in [0.2, 0.25) is 0 Å². The fraction of sp³-hybridized carbons (Fsp3) is 0.250. The van der Waals surface area contributed by atoms with E-state index in [0.717, 1.165) is 22.4 Å². The fourth-order valence-electron chi connectivity index (χ4n) is 2.26. The molecule has 2 N–H and O–H groups in total. The van der Waals surface area contributed by atoms with Gasteiger partial charge in [0.25, 0.3) is 5.69 Å². The van der Waals surface area contributed by atoms with Gasteiger partial charge in [-0.1, -0.05) is 29.8 Å². The van der Waals surface area contributed by atoms with Crippen LogP contribution in [0.5, 0.6) is 5.75 Å². The number of nitro benzene ring substituents is 1. The molecule has 110 valence electrons. The maximum Gasteiger partial charge on any atom is 0.269 e. The van der Waals surface area contributed by atoms with Crippen LogP contribution in [0.25, 0.3) is 0 Å². The molecule has 0 aliphatic rings. The smallest absolute Gasteiger partial charge is 0.269 e. The van der Waals surface area contributed by atoms with Gasteiger partial charge in [-0.15, -0.1) is 0 Å². The van der Waals surface area contributed by atoms with E-state index in [1.54, 1.807) is 19.2 Å². The molecular formula is C16H18N2O3. The minimum Gasteiger partial charge on any atom is -0.496 e. The van der Waals surface area contributed by atoms with Gasteiger partial charge in [0.15, 0.2) is 0 Å². The molecule has 0 aromatic heterocycles. The lowest BCUT2D eigenvalue weighted by molar-refractivity contribution is -0.384. The van der Waals surface area contributed by atoms with Crippen molar-refractivity contribution in [1.82, 2.24) is 0 Å². The first-order valence-electron chi connectivity index (χ1n) is 6.64. The molecule has 0 heterocycles. The Kier molecular flexibility index (Phi) is 4.55. The lowest BCUT2D eigenvalue weighted by Crippen LogP contribution is -2.14. The van der Waals surface area contributed by atoms with Crippen LogP contribution in [0.15, 0.2) is 42.5 Å². The van der Waals surface area contributed by atoms with Crippen molar-refractivity contribution in [3.63, 3.8) is 0 Å². The predicted octanol–water partition coefficient (Wildman–Crippen LogP) is 3.15. The Balaban J connectivity index is 2.19. The van der Waals surface area contributed by atoms with E-state index in [4.69, 9.17) is 10.5 Å². The summed E-state index contributed by atoms with van der Waals surface area (Å²) in [7, 11) is 1.62. The third-order valence-electron chi connectivity index (χ3n) is 3.39. The number of nitrogens with zero attached hydrogens (tertiary/aromatic N) is 1. The lowest BCUT2D eigenvalue weighted by Gasteiger charge is -2.16. The van der Waals surface area contributed by atoms with Crippen LogP contribution < -0.4 is 10.5 Å². The predicted molar refractivity (Wildman–Crippen MR) is 81.5 cm³/mol. The maximum absolute atomic E-state index is 10.6. The highest BCUT2D eigenvalue weighted by Crippen LogP contribution is 2.27. The first-order valence-corrected chi connectivity index (χ1v) is 6.64. The largest absolute Gasteiger partial charge is 0.496 e. The summed E-state index contributed by atoms with van der Waals surface area (Å²) in [5, 5.41) is 10.6. The van der Waals surface area contributed by atoms with Gasteiger partial charge in [-0.05, 0) is 25.0 Å². The average molecular weight is 286 g/mol. The number of ether oxygens (including phenoxy) is 1. The summed E-state index contributed by atoms with van der Waals surface area (Å²) in [6.07, 6.45) is 0.595. The maximum atomic E-state index is 10.6. The Hall–Kier alpha value is -2.40. The van der Waals surface area contributed by atoms with Crippen molar-refractivity contribution >= 4 is 5.69 Å². The van der Waals surface area contributed by atoms with E-state index in [1.807, 2.05) is 25.1 Å². The number of hydrogen-bond acceptors (Lipinski definition) is 4. The summed E-state index contributed by atoms with van der Waals surface area (Å²) >= 11 is 0. The molecule has 0 saturated heterocycles. The quantitative estimate of drug-likeness (QED) is 0.676. The Morgan fingerprint density at radius 3 is 2.48 bits per heavy atom. The summed E-state index contributed by atoms with van der Waals surface area (Å²) in [6.45, 7) is 2.00. The highest BCUT2D eigenvalue weighted by atomic mass is 16.6. The van der Waals surface area contributed by atoms with Crippen molar-refractivity contribution in [2.24, 2.45) is 5.73 Å². The van der Waals surface area contributed by atoms with E-state index in [2.05, 4.69) is 0 Å². The van der Waals surface area contributed by atoms with E-state index in [-0.39, 0.29) is 11.7 Å². The number of methoxy groups -OCH3 is 1. The van der Waals surface area contributed by atoms with Gasteiger partial charge in [0.1, 0.15) is 5.75 Å². The van der Waals surface area contributed by atoms with Crippen molar-refractivity contribution < 1.29 is 9.66 Å². The van der Waals surface area contributed by atoms with Crippen LogP contribution in [-0.4, -0.2) is 12.0 Å². The van der Waals surface area contributed by atoms with E-state index in [0.29, 0.717) is 6.42 Å². The first kappa shape index (κ1) is 15.0. The molecule has 21 heavy (non-hydrogen) atoms. The van der Waals surface area contributed by atoms with Gasteiger partial charge in [-0.3, -0.25) is 10.1 Å². The standard InChI is InChI=1S/C16H18N2O3/c1-11-3-8-16(21-2)14(9-11)15(17)10-12-4-6-13(7-5-12)18(19)20/h3-9,15H,10,17H2,1-2H3. The lowest BCUT2D eigenvalue weighted by atomic mass is 9.97. The number of benzene rings is 2. The molecule has 1 atom stereocenters. The zero-order valence-electron chi connectivity index (χ0n) is 12.1. The summed E-state index contributed by atoms with van der Waals surface area (Å²) in [6, 6.07) is 12.1. The van der Waals surface area contributed by atoms with E-state index < -0.39 is 4.92 Å². The number of hydrogen-bond donors (Lipinski definition) is 1. The number of rotatable bonds is 5. The molecule has 2 rings (SSSR count). The molecule has 0 aliphatic carbocycles. The minimum absolute atomic E-state index is 0.0838. The average Bonchev–Trinajstić information content (AvgIpc) is 2.47. The second-order valence-corrected chi connectivity index (χ2v) is 4.98. The molecule has 0 amide bonds. The monoisotopic (exact) mass is 286 g/mol. The van der Waals surface area contributed by atoms with Gasteiger partial charge in [-0.25, -0.2) is 0 Å². The molecule has 1 unspecified atom stereocenters. The SMILES string of the molecule is COc1ccc(C)cc1C(N)Cc1ccc([N+](=O)[O-])cc1. The molecule has 0 bridgehead atoms. The van der Waals surface area contributed by atoms with Gasteiger partial charge < -0.3 is 10.5 Å². The highest BCUT2D eigenvalue weighted by Gasteiger charge is 2.13. The molecule has 5 nitrogen and oxygen atoms in total. The summed E-state index contributed by atoms with van der Waals surface area (Å²) in [5.74, 6) is 0.759. The number of nitro groups is 1. The zero-order chi connectivity index (χ0) is 15.4. The first-order chi connectivity index (χ1) is 10.0. The summed E-state index contributed by atoms with van der Waals surface area (Å²) in [4.78, 5) is 10.2. The van der Waals surface area contributed by atoms with Crippen LogP contribution in [-0.2, 0) is 6.42 Å². The molecule has 0 radical (unpaired) electrons. The third-order valence-corrected chi connectivity index (χ3v) is 3.39. The van der Waals surface area contributed by atoms with Crippen molar-refractivity contribution in [3.05, 3.63) is 69.3 Å². The van der Waals surface area contributed by atoms with Crippen LogP contribution in [0.2, 0.25) is 0 Å². The van der Waals surface area contributed by atoms with Gasteiger partial charge >= 0.3 is 0 Å². The van der Waals surface area contributed by atoms with Gasteiger partial charge in [0.05, 0.1) is 12.0 Å². The zero-order valence-corrected chi connectivity index (χ0v) is 12.1. The van der Waals surface area contributed by atoms with E-state index >= 15 is 0 Å². The van der Waals surface area contributed by atoms with Crippen molar-refractivity contribution in [2.75, 3.05) is 7.11 Å². The molecule has 0 fully saturated rings. The van der Waals surface area contributed by atoms with Crippen molar-refractivity contribution in [2.45, 2.75) is 19.4 Å². The number of non-ortho nitro benzene ring substituents is 1. The van der Waals surface area contributed by atoms with E-state index in [9.17, 15) is 10.1 Å². The Labute approximate surface area is 123 Å². The number of aryl methyl sites for hydroxylation is 1. The second-order valence-electron chi connectivity index (χ2n) is 4.98. The van der Waals surface area contributed by atoms with E-state index in [1.165, 1.54) is 12.1 Å². The van der Waals surface area contributed by atoms with Gasteiger partial charge in [0, 0.05) is 23.7 Å². The van der Waals surface area contributed by atoms with Crippen LogP contribution in [0.1, 0.15) is 22.7 Å². The Morgan fingerprint density at radius 1 is 1.24 bits per heavy atom. The number of nitrogens with two attached hydrogens (primary N) is 1. The van der Waals surface area contributed by atoms with Gasteiger partial charge in [-0.2, -0.15) is 0 Å². The molecule has 5 heteroatoms. The molecule has 2 aromatic rings. The topological polar surface area (TPSA) is 78.4 Å². The van der Waals surface area contributed by atoms with Crippen LogP contribution in [0, 0.1) is 17.0 Å². The highest BCUT2D eigenvalue weighted by molar-refractivity contribution is 5.40. The third kappa shape index (κ3) is 3.58. The normalized spacial score (nSPS) is 12.0. The molecule has 0 spiro atoms. The molecular weight excluding hydrogens is 268 g/mol. The van der Waals surface area contributed by atoms with Crippen LogP contribution in [0.4, 0.5) is 5.69 Å². The van der Waals surface area contributed by atoms with Crippen molar-refractivity contribution in [1.29, 1.82) is 0 Å². The van der Waals surface area contributed by atoms with Crippen molar-refractivity contribution in [3.8, 4) is 5.75 Å². The fourth-order valence-corrected chi connectivity index (χ4v) is 2.26. The molecule has 0 aliphatic heterocycles. The van der Waals surface area contributed by atoms with Crippen LogP contribution >= 0.6 is 0 Å². The van der Waals surface area contributed by atoms with Crippen LogP contribution in [0.3, 0.4) is 0 Å². The molecule has 0 saturated carbocycles. The summed E-state index contributed by atoms with van der Waals surface area (Å²) < 4.78 is 5.34. The molecule has 2 aromatic carbocycles. The Morgan fingerprint density at radius 2 is 1.90 bits per heavy atom. The summed E-state index contributed by atoms with van der Waals surface area (Å²) in [5.41, 5.74) is 9.35. The Bertz CT molecular complexity index is 638. The minimum atomic E-state index is -0.409. The second kappa shape index (κ2) is 6.37.